The molecule has 0 unspecified atom stereocenters. The van der Waals surface area contributed by atoms with E-state index in [9.17, 15) is 14.8 Å². The first kappa shape index (κ1) is 38.0. The van der Waals surface area contributed by atoms with Gasteiger partial charge in [0.15, 0.2) is 13.9 Å². The van der Waals surface area contributed by atoms with Gasteiger partial charge in [-0.2, -0.15) is 4.98 Å². The highest BCUT2D eigenvalue weighted by atomic mass is 28.4. The van der Waals surface area contributed by atoms with E-state index < -0.39 is 40.3 Å². The molecule has 0 aliphatic carbocycles. The van der Waals surface area contributed by atoms with Crippen LogP contribution in [0.5, 0.6) is 0 Å². The first-order valence-corrected chi connectivity index (χ1v) is 22.1. The Kier molecular flexibility index (Phi) is 11.0. The second kappa shape index (κ2) is 14.8. The molecule has 0 bridgehead atoms. The number of aromatic nitrogens is 2. The summed E-state index contributed by atoms with van der Waals surface area (Å²) in [7, 11) is -5.52. The van der Waals surface area contributed by atoms with E-state index in [0.717, 1.165) is 10.4 Å². The van der Waals surface area contributed by atoms with Gasteiger partial charge in [-0.05, 0) is 51.7 Å². The number of carbonyl (C=O) groups excluding carboxylic acids is 1. The van der Waals surface area contributed by atoms with Crippen molar-refractivity contribution < 1.29 is 23.6 Å². The van der Waals surface area contributed by atoms with E-state index in [4.69, 9.17) is 13.6 Å². The van der Waals surface area contributed by atoms with Crippen molar-refractivity contribution in [2.45, 2.75) is 89.1 Å². The van der Waals surface area contributed by atoms with Crippen LogP contribution < -0.4 is 21.4 Å². The maximum Gasteiger partial charge on any atom is 0.351 e. The normalized spacial score (nSPS) is 20.1. The number of nitrogens with zero attached hydrogens (tertiary/aromatic N) is 3. The van der Waals surface area contributed by atoms with Crippen molar-refractivity contribution >= 4 is 44.9 Å². The molecule has 1 aromatic heterocycles. The summed E-state index contributed by atoms with van der Waals surface area (Å²) in [6.45, 7) is 17.3. The molecule has 51 heavy (non-hydrogen) atoms. The molecule has 2 heterocycles. The third-order valence-corrected chi connectivity index (χ3v) is 19.7. The maximum atomic E-state index is 13.6. The topological polar surface area (TPSA) is 124 Å². The van der Waals surface area contributed by atoms with E-state index in [-0.39, 0.29) is 34.8 Å². The van der Waals surface area contributed by atoms with Gasteiger partial charge in [0.2, 0.25) is 0 Å². The zero-order valence-corrected chi connectivity index (χ0v) is 32.8. The first-order chi connectivity index (χ1) is 24.0. The first-order valence-electron chi connectivity index (χ1n) is 17.3. The maximum absolute atomic E-state index is 13.6. The minimum Gasteiger partial charge on any atom is -0.411 e. The summed E-state index contributed by atoms with van der Waals surface area (Å²) >= 11 is 0. The van der Waals surface area contributed by atoms with Crippen molar-refractivity contribution in [2.75, 3.05) is 11.9 Å². The van der Waals surface area contributed by atoms with Crippen molar-refractivity contribution in [1.29, 1.82) is 0 Å². The number of oxime groups is 1. The van der Waals surface area contributed by atoms with Gasteiger partial charge in [-0.25, -0.2) is 4.79 Å². The zero-order chi connectivity index (χ0) is 37.1. The van der Waals surface area contributed by atoms with E-state index in [1.807, 2.05) is 42.5 Å². The summed E-state index contributed by atoms with van der Waals surface area (Å²) < 4.78 is 22.6. The quantitative estimate of drug-likeness (QED) is 0.0775. The number of ether oxygens (including phenoxy) is 1. The Balaban J connectivity index is 1.56. The average Bonchev–Trinajstić information content (AvgIpc) is 3.42. The van der Waals surface area contributed by atoms with Crippen LogP contribution in [0, 0.1) is 0 Å². The number of amides is 1. The molecule has 0 radical (unpaired) electrons. The zero-order valence-electron chi connectivity index (χ0n) is 30.8. The van der Waals surface area contributed by atoms with Crippen LogP contribution >= 0.6 is 0 Å². The fourth-order valence-corrected chi connectivity index (χ4v) is 12.4. The van der Waals surface area contributed by atoms with Crippen LogP contribution in [0.2, 0.25) is 23.2 Å². The summed E-state index contributed by atoms with van der Waals surface area (Å²) in [6.07, 6.45) is 1.70. The molecule has 1 amide bonds. The molecular formula is C39H50N4O6Si2. The molecule has 270 valence electrons. The molecule has 10 nitrogen and oxygen atoms in total. The van der Waals surface area contributed by atoms with Gasteiger partial charge in [-0.3, -0.25) is 9.36 Å². The molecule has 4 aromatic rings. The molecule has 2 N–H and O–H groups in total. The summed E-state index contributed by atoms with van der Waals surface area (Å²) in [4.78, 5) is 30.5. The lowest BCUT2D eigenvalue weighted by Crippen LogP contribution is -2.68. The smallest absolute Gasteiger partial charge is 0.351 e. The molecule has 1 aliphatic rings. The molecule has 5 rings (SSSR count). The molecule has 0 spiro atoms. The second-order valence-corrected chi connectivity index (χ2v) is 24.7. The molecule has 1 fully saturated rings. The van der Waals surface area contributed by atoms with E-state index in [1.165, 1.54) is 10.8 Å². The monoisotopic (exact) mass is 726 g/mol. The standard InChI is InChI=1S/C39H50N4O6Si2/c1-37(2,3)50(7,8)49-32-26-34(43-25-24-33(42-36(43)45)41-35(44)29-18-12-9-13-19-29)48-39(32,27-40-46)28-47-51(38(4,5)6,30-20-14-10-15-21-30)31-22-16-11-17-23-31/h9-25,27,32,34,46H,26,28H2,1-8H3,(H,41,42,44,45)/b40-27+/t32-,34+,39+/m0/s1. The van der Waals surface area contributed by atoms with Crippen molar-refractivity contribution in [3.05, 3.63) is 119 Å². The third-order valence-electron chi connectivity index (χ3n) is 10.2. The van der Waals surface area contributed by atoms with Crippen molar-refractivity contribution in [1.82, 2.24) is 9.55 Å². The number of carbonyl (C=O) groups is 1. The minimum absolute atomic E-state index is 0.00642. The molecular weight excluding hydrogens is 677 g/mol. The van der Waals surface area contributed by atoms with Gasteiger partial charge in [0, 0.05) is 18.2 Å². The van der Waals surface area contributed by atoms with Gasteiger partial charge in [0.1, 0.15) is 12.0 Å². The van der Waals surface area contributed by atoms with Crippen LogP contribution in [-0.4, -0.2) is 61.8 Å². The van der Waals surface area contributed by atoms with Crippen molar-refractivity contribution in [3.63, 3.8) is 0 Å². The fourth-order valence-electron chi connectivity index (χ4n) is 6.45. The van der Waals surface area contributed by atoms with Crippen LogP contribution in [0.25, 0.3) is 0 Å². The SMILES string of the molecule is CC(C)(C)[Si](C)(C)O[C@H]1C[C@H](n2ccc(NC(=O)c3ccccc3)nc2=O)O[C@]1(/C=N/O)CO[Si](c1ccccc1)(c1ccccc1)C(C)(C)C. The molecule has 3 atom stereocenters. The number of benzene rings is 3. The van der Waals surface area contributed by atoms with Crippen LogP contribution in [0.15, 0.2) is 113 Å². The Morgan fingerprint density at radius 1 is 0.941 bits per heavy atom. The van der Waals surface area contributed by atoms with Gasteiger partial charge < -0.3 is 24.1 Å². The summed E-state index contributed by atoms with van der Waals surface area (Å²) in [5.41, 5.74) is -1.54. The molecule has 1 aliphatic heterocycles. The Labute approximate surface area is 302 Å². The third kappa shape index (κ3) is 7.85. The highest BCUT2D eigenvalue weighted by Crippen LogP contribution is 2.45. The predicted octanol–water partition coefficient (Wildman–Crippen LogP) is 6.58. The van der Waals surface area contributed by atoms with Gasteiger partial charge in [-0.1, -0.05) is 126 Å². The van der Waals surface area contributed by atoms with Crippen LogP contribution in [0.4, 0.5) is 5.82 Å². The van der Waals surface area contributed by atoms with Crippen LogP contribution in [0.1, 0.15) is 64.5 Å². The summed E-state index contributed by atoms with van der Waals surface area (Å²) in [5.74, 6) is -0.255. The molecule has 12 heteroatoms. The number of nitrogens with one attached hydrogen (secondary N) is 1. The van der Waals surface area contributed by atoms with Gasteiger partial charge in [-0.15, -0.1) is 0 Å². The minimum atomic E-state index is -3.07. The van der Waals surface area contributed by atoms with Gasteiger partial charge in [0.05, 0.1) is 18.9 Å². The lowest BCUT2D eigenvalue weighted by molar-refractivity contribution is -0.0768. The number of rotatable bonds is 11. The number of hydrogen-bond donors (Lipinski definition) is 2. The lowest BCUT2D eigenvalue weighted by Gasteiger charge is -2.46. The highest BCUT2D eigenvalue weighted by Gasteiger charge is 2.57. The fraction of sp³-hybridized carbons (Fsp3) is 0.385. The van der Waals surface area contributed by atoms with Gasteiger partial charge >= 0.3 is 5.69 Å². The Bertz CT molecular complexity index is 1840. The molecule has 3 aromatic carbocycles. The lowest BCUT2D eigenvalue weighted by atomic mass is 9.99. The average molecular weight is 727 g/mol. The largest absolute Gasteiger partial charge is 0.411 e. The van der Waals surface area contributed by atoms with Crippen LogP contribution in [-0.2, 0) is 13.6 Å². The molecule has 0 saturated carbocycles. The van der Waals surface area contributed by atoms with Gasteiger partial charge in [0.25, 0.3) is 14.2 Å². The van der Waals surface area contributed by atoms with E-state index in [0.29, 0.717) is 5.56 Å². The second-order valence-electron chi connectivity index (χ2n) is 15.6. The van der Waals surface area contributed by atoms with E-state index >= 15 is 0 Å². The molecule has 1 saturated heterocycles. The Hall–Kier alpha value is -4.21. The Morgan fingerprint density at radius 3 is 1.98 bits per heavy atom. The van der Waals surface area contributed by atoms with Crippen molar-refractivity contribution in [3.8, 4) is 0 Å². The number of anilines is 1. The van der Waals surface area contributed by atoms with E-state index in [2.05, 4.69) is 94.4 Å². The summed E-state index contributed by atoms with van der Waals surface area (Å²) in [6, 6.07) is 30.8. The Morgan fingerprint density at radius 2 is 1.49 bits per heavy atom. The predicted molar refractivity (Wildman–Crippen MR) is 206 cm³/mol. The van der Waals surface area contributed by atoms with E-state index in [1.54, 1.807) is 36.5 Å². The number of hydrogen-bond acceptors (Lipinski definition) is 8. The van der Waals surface area contributed by atoms with Crippen LogP contribution in [0.3, 0.4) is 0 Å². The highest BCUT2D eigenvalue weighted by molar-refractivity contribution is 6.99. The van der Waals surface area contributed by atoms with Crippen molar-refractivity contribution in [2.24, 2.45) is 5.16 Å². The summed E-state index contributed by atoms with van der Waals surface area (Å²) in [5, 5.41) is 18.1.